The lowest BCUT2D eigenvalue weighted by atomic mass is 9.76. The molecule has 4 rings (SSSR count). The maximum atomic E-state index is 15.1. The third-order valence-electron chi connectivity index (χ3n) is 8.40. The largest absolute Gasteiger partial charge is 0.251 e. The van der Waals surface area contributed by atoms with E-state index < -0.39 is 0 Å². The zero-order chi connectivity index (χ0) is 23.2. The zero-order valence-corrected chi connectivity index (χ0v) is 20.1. The molecule has 2 saturated carbocycles. The minimum Gasteiger partial charge on any atom is -0.251 e. The van der Waals surface area contributed by atoms with Crippen molar-refractivity contribution in [3.63, 3.8) is 0 Å². The molecule has 2 fully saturated rings. The van der Waals surface area contributed by atoms with Crippen LogP contribution >= 0.6 is 0 Å². The van der Waals surface area contributed by atoms with Crippen LogP contribution < -0.4 is 0 Å². The zero-order valence-electron chi connectivity index (χ0n) is 20.1. The first kappa shape index (κ1) is 24.4. The third-order valence-corrected chi connectivity index (χ3v) is 8.40. The molecule has 0 atom stereocenters. The molecule has 0 nitrogen and oxygen atoms in total. The van der Waals surface area contributed by atoms with Gasteiger partial charge in [-0.3, -0.25) is 4.39 Å². The summed E-state index contributed by atoms with van der Waals surface area (Å²) in [5.41, 5.74) is 2.75. The fraction of sp³-hybridized carbons (Fsp3) is 0.600. The van der Waals surface area contributed by atoms with Gasteiger partial charge in [-0.15, -0.1) is 0 Å². The van der Waals surface area contributed by atoms with Gasteiger partial charge in [0, 0.05) is 11.1 Å². The molecule has 0 spiro atoms. The quantitative estimate of drug-likeness (QED) is 0.371. The monoisotopic (exact) mass is 456 g/mol. The van der Waals surface area contributed by atoms with Crippen LogP contribution in [0.15, 0.2) is 36.4 Å². The lowest BCUT2D eigenvalue weighted by molar-refractivity contribution is 0.283. The van der Waals surface area contributed by atoms with E-state index in [1.54, 1.807) is 24.3 Å². The molecule has 0 aliphatic heterocycles. The van der Waals surface area contributed by atoms with E-state index >= 15 is 8.78 Å². The maximum Gasteiger partial charge on any atom is 0.131 e. The van der Waals surface area contributed by atoms with Gasteiger partial charge in [0.2, 0.25) is 0 Å². The van der Waals surface area contributed by atoms with Crippen molar-refractivity contribution < 1.29 is 13.2 Å². The van der Waals surface area contributed by atoms with Crippen molar-refractivity contribution in [3.05, 3.63) is 59.2 Å². The van der Waals surface area contributed by atoms with E-state index in [4.69, 9.17) is 0 Å². The molecule has 180 valence electrons. The first-order valence-corrected chi connectivity index (χ1v) is 13.2. The summed E-state index contributed by atoms with van der Waals surface area (Å²) in [6, 6.07) is 10.7. The lowest BCUT2D eigenvalue weighted by Crippen LogP contribution is -2.14. The van der Waals surface area contributed by atoms with Gasteiger partial charge in [-0.05, 0) is 105 Å². The number of halogens is 3. The Morgan fingerprint density at radius 2 is 1.12 bits per heavy atom. The van der Waals surface area contributed by atoms with Crippen LogP contribution in [0.4, 0.5) is 13.2 Å². The van der Waals surface area contributed by atoms with Gasteiger partial charge >= 0.3 is 0 Å². The van der Waals surface area contributed by atoms with Crippen LogP contribution in [0.5, 0.6) is 0 Å². The van der Waals surface area contributed by atoms with Gasteiger partial charge in [0.25, 0.3) is 0 Å². The van der Waals surface area contributed by atoms with Gasteiger partial charge in [0.1, 0.15) is 11.6 Å². The Bertz CT molecular complexity index is 889. The van der Waals surface area contributed by atoms with Crippen LogP contribution in [0.25, 0.3) is 11.1 Å². The summed E-state index contributed by atoms with van der Waals surface area (Å²) in [5, 5.41) is 0. The van der Waals surface area contributed by atoms with Crippen molar-refractivity contribution in [3.8, 4) is 11.1 Å². The number of rotatable bonds is 8. The van der Waals surface area contributed by atoms with Crippen LogP contribution in [0, 0.1) is 23.5 Å². The van der Waals surface area contributed by atoms with Crippen molar-refractivity contribution >= 4 is 0 Å². The Kier molecular flexibility index (Phi) is 8.55. The summed E-state index contributed by atoms with van der Waals surface area (Å²) in [6.07, 6.45) is 13.2. The molecule has 2 aliphatic carbocycles. The second-order valence-corrected chi connectivity index (χ2v) is 10.5. The molecule has 0 saturated heterocycles. The minimum absolute atomic E-state index is 0.247. The fourth-order valence-electron chi connectivity index (χ4n) is 6.22. The Morgan fingerprint density at radius 1 is 0.667 bits per heavy atom. The van der Waals surface area contributed by atoms with Crippen molar-refractivity contribution in [2.24, 2.45) is 11.8 Å². The van der Waals surface area contributed by atoms with Gasteiger partial charge in [-0.1, -0.05) is 50.5 Å². The fourth-order valence-corrected chi connectivity index (χ4v) is 6.22. The highest BCUT2D eigenvalue weighted by Crippen LogP contribution is 2.40. The first-order valence-electron chi connectivity index (χ1n) is 13.2. The van der Waals surface area contributed by atoms with E-state index in [0.29, 0.717) is 35.3 Å². The topological polar surface area (TPSA) is 0 Å². The van der Waals surface area contributed by atoms with Gasteiger partial charge in [-0.2, -0.15) is 0 Å². The smallest absolute Gasteiger partial charge is 0.131 e. The van der Waals surface area contributed by atoms with E-state index in [2.05, 4.69) is 6.92 Å². The summed E-state index contributed by atoms with van der Waals surface area (Å²) in [5.74, 6) is 1.38. The predicted octanol–water partition coefficient (Wildman–Crippen LogP) is 9.73. The lowest BCUT2D eigenvalue weighted by Gasteiger charge is -2.29. The Labute approximate surface area is 198 Å². The molecule has 0 radical (unpaired) electrons. The normalized spacial score (nSPS) is 25.8. The number of alkyl halides is 1. The number of unbranched alkanes of at least 4 members (excludes halogenated alkanes) is 1. The Hall–Kier alpha value is -1.77. The molecule has 0 aromatic heterocycles. The second kappa shape index (κ2) is 11.6. The molecule has 3 heteroatoms. The van der Waals surface area contributed by atoms with Crippen LogP contribution in [0.3, 0.4) is 0 Å². The molecular weight excluding hydrogens is 417 g/mol. The Balaban J connectivity index is 1.41. The van der Waals surface area contributed by atoms with Gasteiger partial charge < -0.3 is 0 Å². The van der Waals surface area contributed by atoms with E-state index in [1.807, 2.05) is 12.1 Å². The van der Waals surface area contributed by atoms with Crippen LogP contribution in [0.1, 0.15) is 107 Å². The minimum atomic E-state index is -0.346. The van der Waals surface area contributed by atoms with E-state index in [9.17, 15) is 4.39 Å². The van der Waals surface area contributed by atoms with Gasteiger partial charge in [0.15, 0.2) is 0 Å². The van der Waals surface area contributed by atoms with E-state index in [0.717, 1.165) is 55.6 Å². The third kappa shape index (κ3) is 6.03. The summed E-state index contributed by atoms with van der Waals surface area (Å²) < 4.78 is 42.7. The number of hydrogen-bond donors (Lipinski definition) is 0. The molecule has 0 amide bonds. The average Bonchev–Trinajstić information content (AvgIpc) is 2.84. The molecule has 2 aliphatic rings. The van der Waals surface area contributed by atoms with E-state index in [1.165, 1.54) is 32.1 Å². The van der Waals surface area contributed by atoms with Gasteiger partial charge in [-0.25, -0.2) is 8.78 Å². The SMILES string of the molecule is CCCCC1CCC(c2ccc(-c3ccc(C4CCC(CCF)CC4)cc3F)c(F)c2)CC1. The summed E-state index contributed by atoms with van der Waals surface area (Å²) in [4.78, 5) is 0. The second-order valence-electron chi connectivity index (χ2n) is 10.5. The van der Waals surface area contributed by atoms with Crippen molar-refractivity contribution in [1.82, 2.24) is 0 Å². The first-order chi connectivity index (χ1) is 16.1. The highest BCUT2D eigenvalue weighted by molar-refractivity contribution is 5.66. The van der Waals surface area contributed by atoms with Crippen molar-refractivity contribution in [1.29, 1.82) is 0 Å². The molecular formula is C30H39F3. The summed E-state index contributed by atoms with van der Waals surface area (Å²) in [7, 11) is 0. The van der Waals surface area contributed by atoms with Crippen LogP contribution in [-0.2, 0) is 0 Å². The standard InChI is InChI=1S/C30H39F3/c1-2-3-4-21-5-9-23(10-6-21)25-13-15-27(29(32)19-25)28-16-14-26(20-30(28)33)24-11-7-22(8-12-24)17-18-31/h13-16,19-24H,2-12,17-18H2,1H3. The van der Waals surface area contributed by atoms with Crippen molar-refractivity contribution in [2.45, 2.75) is 95.8 Å². The number of hydrogen-bond acceptors (Lipinski definition) is 0. The summed E-state index contributed by atoms with van der Waals surface area (Å²) in [6.45, 7) is 2.00. The molecule has 0 N–H and O–H groups in total. The van der Waals surface area contributed by atoms with Crippen LogP contribution in [-0.4, -0.2) is 6.67 Å². The number of benzene rings is 2. The highest BCUT2D eigenvalue weighted by Gasteiger charge is 2.25. The molecule has 2 aromatic carbocycles. The highest BCUT2D eigenvalue weighted by atomic mass is 19.1. The van der Waals surface area contributed by atoms with Gasteiger partial charge in [0.05, 0.1) is 6.67 Å². The average molecular weight is 457 g/mol. The molecule has 2 aromatic rings. The maximum absolute atomic E-state index is 15.1. The van der Waals surface area contributed by atoms with E-state index in [-0.39, 0.29) is 18.3 Å². The molecule has 0 unspecified atom stereocenters. The Morgan fingerprint density at radius 3 is 1.52 bits per heavy atom. The van der Waals surface area contributed by atoms with Crippen molar-refractivity contribution in [2.75, 3.05) is 6.67 Å². The summed E-state index contributed by atoms with van der Waals surface area (Å²) >= 11 is 0. The predicted molar refractivity (Wildman–Crippen MR) is 131 cm³/mol. The molecule has 33 heavy (non-hydrogen) atoms. The van der Waals surface area contributed by atoms with Crippen LogP contribution in [0.2, 0.25) is 0 Å². The molecule has 0 bridgehead atoms. The molecule has 0 heterocycles.